The number of aromatic nitrogens is 2. The summed E-state index contributed by atoms with van der Waals surface area (Å²) in [6.45, 7) is 0.551. The zero-order valence-corrected chi connectivity index (χ0v) is 15.0. The fraction of sp³-hybridized carbons (Fsp3) is 0.100. The molecule has 27 heavy (non-hydrogen) atoms. The summed E-state index contributed by atoms with van der Waals surface area (Å²) in [5.41, 5.74) is 2.52. The van der Waals surface area contributed by atoms with E-state index in [9.17, 15) is 4.79 Å². The highest BCUT2D eigenvalue weighted by molar-refractivity contribution is 6.30. The summed E-state index contributed by atoms with van der Waals surface area (Å²) in [5, 5.41) is 3.80. The van der Waals surface area contributed by atoms with E-state index in [0.29, 0.717) is 28.5 Å². The Bertz CT molecular complexity index is 1070. The fourth-order valence-electron chi connectivity index (χ4n) is 2.71. The monoisotopic (exact) mass is 381 g/mol. The van der Waals surface area contributed by atoms with Crippen molar-refractivity contribution in [2.45, 2.75) is 13.2 Å². The van der Waals surface area contributed by atoms with Crippen molar-refractivity contribution in [3.05, 3.63) is 89.2 Å². The molecule has 0 amide bonds. The number of nitrogens with zero attached hydrogens (tertiary/aromatic N) is 2. The molecule has 0 aliphatic carbocycles. The third-order valence-electron chi connectivity index (χ3n) is 4.00. The molecule has 4 aromatic rings. The first kappa shape index (κ1) is 17.2. The van der Waals surface area contributed by atoms with Gasteiger partial charge in [-0.15, -0.1) is 0 Å². The number of carbonyl (C=O) groups is 1. The van der Waals surface area contributed by atoms with Gasteiger partial charge < -0.3 is 18.9 Å². The van der Waals surface area contributed by atoms with Gasteiger partial charge in [-0.25, -0.2) is 9.78 Å². The maximum atomic E-state index is 12.5. The van der Waals surface area contributed by atoms with Gasteiger partial charge in [0, 0.05) is 18.1 Å². The van der Waals surface area contributed by atoms with Crippen LogP contribution < -0.4 is 5.32 Å². The van der Waals surface area contributed by atoms with Crippen LogP contribution in [0.3, 0.4) is 0 Å². The highest BCUT2D eigenvalue weighted by Gasteiger charge is 2.14. The van der Waals surface area contributed by atoms with Crippen LogP contribution in [0, 0.1) is 0 Å². The summed E-state index contributed by atoms with van der Waals surface area (Å²) in [4.78, 5) is 16.9. The Kier molecular flexibility index (Phi) is 4.80. The Morgan fingerprint density at radius 1 is 1.15 bits per heavy atom. The lowest BCUT2D eigenvalue weighted by Crippen LogP contribution is -2.10. The first-order valence-electron chi connectivity index (χ1n) is 8.34. The number of esters is 1. The van der Waals surface area contributed by atoms with Crippen molar-refractivity contribution in [2.24, 2.45) is 0 Å². The number of anilines is 1. The van der Waals surface area contributed by atoms with Gasteiger partial charge in [-0.05, 0) is 36.4 Å². The number of hydrogen-bond acceptors (Lipinski definition) is 5. The molecular weight excluding hydrogens is 366 g/mol. The van der Waals surface area contributed by atoms with Crippen LogP contribution in [0.5, 0.6) is 0 Å². The molecule has 7 heteroatoms. The Hall–Kier alpha value is -3.25. The number of fused-ring (bicyclic) bond motifs is 1. The molecule has 0 bridgehead atoms. The van der Waals surface area contributed by atoms with Gasteiger partial charge in [0.2, 0.25) is 0 Å². The van der Waals surface area contributed by atoms with E-state index in [1.165, 1.54) is 0 Å². The van der Waals surface area contributed by atoms with Gasteiger partial charge in [0.1, 0.15) is 18.0 Å². The molecule has 0 saturated carbocycles. The third kappa shape index (κ3) is 3.96. The van der Waals surface area contributed by atoms with Crippen LogP contribution in [-0.4, -0.2) is 15.4 Å². The number of furan rings is 1. The molecule has 0 spiro atoms. The summed E-state index contributed by atoms with van der Waals surface area (Å²) < 4.78 is 12.5. The second kappa shape index (κ2) is 7.55. The van der Waals surface area contributed by atoms with E-state index in [-0.39, 0.29) is 6.61 Å². The molecule has 1 aromatic carbocycles. The minimum Gasteiger partial charge on any atom is -0.467 e. The number of ether oxygens (including phenoxy) is 1. The van der Waals surface area contributed by atoms with E-state index in [1.807, 2.05) is 30.3 Å². The fourth-order valence-corrected chi connectivity index (χ4v) is 2.88. The van der Waals surface area contributed by atoms with E-state index in [4.69, 9.17) is 20.8 Å². The molecular formula is C20H16ClN3O3. The third-order valence-corrected chi connectivity index (χ3v) is 4.22. The number of rotatable bonds is 6. The van der Waals surface area contributed by atoms with Crippen LogP contribution in [0.2, 0.25) is 5.02 Å². The second-order valence-corrected chi connectivity index (χ2v) is 6.34. The maximum absolute atomic E-state index is 12.5. The number of imidazole rings is 1. The molecule has 6 nitrogen and oxygen atoms in total. The Balaban J connectivity index is 1.44. The first-order chi connectivity index (χ1) is 13.2. The maximum Gasteiger partial charge on any atom is 0.340 e. The number of para-hydroxylation sites is 1. The van der Waals surface area contributed by atoms with Gasteiger partial charge in [0.05, 0.1) is 29.1 Å². The average molecular weight is 382 g/mol. The van der Waals surface area contributed by atoms with Gasteiger partial charge >= 0.3 is 5.97 Å². The van der Waals surface area contributed by atoms with E-state index in [0.717, 1.165) is 11.4 Å². The van der Waals surface area contributed by atoms with E-state index in [2.05, 4.69) is 10.3 Å². The summed E-state index contributed by atoms with van der Waals surface area (Å²) >= 11 is 5.97. The highest BCUT2D eigenvalue weighted by Crippen LogP contribution is 2.19. The van der Waals surface area contributed by atoms with E-state index in [1.54, 1.807) is 41.3 Å². The number of hydrogen-bond donors (Lipinski definition) is 1. The van der Waals surface area contributed by atoms with Gasteiger partial charge in [0.15, 0.2) is 0 Å². The van der Waals surface area contributed by atoms with Gasteiger partial charge in [0.25, 0.3) is 0 Å². The number of carbonyl (C=O) groups excluding carboxylic acids is 1. The Morgan fingerprint density at radius 2 is 2.04 bits per heavy atom. The Morgan fingerprint density at radius 3 is 2.89 bits per heavy atom. The van der Waals surface area contributed by atoms with Crippen molar-refractivity contribution >= 4 is 28.9 Å². The quantitative estimate of drug-likeness (QED) is 0.496. The molecule has 0 aliphatic rings. The van der Waals surface area contributed by atoms with Crippen molar-refractivity contribution in [1.29, 1.82) is 0 Å². The lowest BCUT2D eigenvalue weighted by atomic mass is 10.2. The predicted molar refractivity (Wildman–Crippen MR) is 102 cm³/mol. The van der Waals surface area contributed by atoms with E-state index < -0.39 is 5.97 Å². The molecule has 1 N–H and O–H groups in total. The zero-order chi connectivity index (χ0) is 18.6. The van der Waals surface area contributed by atoms with Crippen molar-refractivity contribution in [2.75, 3.05) is 5.32 Å². The minimum atomic E-state index is -0.423. The summed E-state index contributed by atoms with van der Waals surface area (Å²) in [7, 11) is 0. The van der Waals surface area contributed by atoms with Crippen molar-refractivity contribution < 1.29 is 13.9 Å². The van der Waals surface area contributed by atoms with Crippen LogP contribution in [0.1, 0.15) is 21.8 Å². The SMILES string of the molecule is O=C(OCc1cn2cc(Cl)ccc2n1)c1ccccc1NCc1ccco1. The van der Waals surface area contributed by atoms with Crippen LogP contribution in [0.25, 0.3) is 5.65 Å². The minimum absolute atomic E-state index is 0.0741. The van der Waals surface area contributed by atoms with Crippen molar-refractivity contribution in [3.8, 4) is 0 Å². The van der Waals surface area contributed by atoms with Crippen LogP contribution >= 0.6 is 11.6 Å². The lowest BCUT2D eigenvalue weighted by molar-refractivity contribution is 0.0469. The number of pyridine rings is 1. The van der Waals surface area contributed by atoms with E-state index >= 15 is 0 Å². The van der Waals surface area contributed by atoms with Crippen LogP contribution in [0.15, 0.2) is 71.6 Å². The summed E-state index contributed by atoms with van der Waals surface area (Å²) in [5.74, 6) is 0.356. The molecule has 0 unspecified atom stereocenters. The number of halogens is 1. The lowest BCUT2D eigenvalue weighted by Gasteiger charge is -2.10. The largest absolute Gasteiger partial charge is 0.467 e. The zero-order valence-electron chi connectivity index (χ0n) is 14.3. The van der Waals surface area contributed by atoms with Gasteiger partial charge in [-0.2, -0.15) is 0 Å². The molecule has 3 heterocycles. The summed E-state index contributed by atoms with van der Waals surface area (Å²) in [6, 6.07) is 14.4. The van der Waals surface area contributed by atoms with Gasteiger partial charge in [-0.1, -0.05) is 23.7 Å². The molecule has 0 fully saturated rings. The predicted octanol–water partition coefficient (Wildman–Crippen LogP) is 4.55. The normalized spacial score (nSPS) is 10.9. The average Bonchev–Trinajstić information content (AvgIpc) is 3.33. The second-order valence-electron chi connectivity index (χ2n) is 5.90. The molecule has 0 atom stereocenters. The standard InChI is InChI=1S/C20H16ClN3O3/c21-14-7-8-19-23-15(12-24(19)11-14)13-27-20(25)17-5-1-2-6-18(17)22-10-16-4-3-9-26-16/h1-9,11-12,22H,10,13H2. The highest BCUT2D eigenvalue weighted by atomic mass is 35.5. The van der Waals surface area contributed by atoms with Crippen LogP contribution in [0.4, 0.5) is 5.69 Å². The summed E-state index contributed by atoms with van der Waals surface area (Å²) in [6.07, 6.45) is 5.15. The molecule has 136 valence electrons. The van der Waals surface area contributed by atoms with Crippen molar-refractivity contribution in [3.63, 3.8) is 0 Å². The number of nitrogens with one attached hydrogen (secondary N) is 1. The van der Waals surface area contributed by atoms with Crippen LogP contribution in [-0.2, 0) is 17.9 Å². The molecule has 4 rings (SSSR count). The molecule has 0 saturated heterocycles. The Labute approximate surface area is 160 Å². The first-order valence-corrected chi connectivity index (χ1v) is 8.72. The van der Waals surface area contributed by atoms with Crippen molar-refractivity contribution in [1.82, 2.24) is 9.38 Å². The molecule has 3 aromatic heterocycles. The molecule has 0 radical (unpaired) electrons. The van der Waals surface area contributed by atoms with Gasteiger partial charge in [-0.3, -0.25) is 0 Å². The smallest absolute Gasteiger partial charge is 0.340 e. The molecule has 0 aliphatic heterocycles. The number of benzene rings is 1. The topological polar surface area (TPSA) is 68.8 Å².